The normalized spacial score (nSPS) is 31.1. The van der Waals surface area contributed by atoms with Crippen molar-refractivity contribution in [2.45, 2.75) is 37.7 Å². The van der Waals surface area contributed by atoms with Crippen LogP contribution in [0.3, 0.4) is 0 Å². The highest BCUT2D eigenvalue weighted by Gasteiger charge is 2.33. The number of nitrogens with one attached hydrogen (secondary N) is 1. The van der Waals surface area contributed by atoms with Crippen molar-refractivity contribution in [2.75, 3.05) is 26.3 Å². The Kier molecular flexibility index (Phi) is 3.42. The molecule has 2 fully saturated rings. The van der Waals surface area contributed by atoms with Crippen LogP contribution in [0.4, 0.5) is 0 Å². The van der Waals surface area contributed by atoms with Gasteiger partial charge in [-0.15, -0.1) is 0 Å². The van der Waals surface area contributed by atoms with E-state index in [4.69, 9.17) is 4.74 Å². The second-order valence-electron chi connectivity index (χ2n) is 4.79. The summed E-state index contributed by atoms with van der Waals surface area (Å²) >= 11 is 0. The van der Waals surface area contributed by atoms with Crippen molar-refractivity contribution >= 4 is 0 Å². The quantitative estimate of drug-likeness (QED) is 0.707. The van der Waals surface area contributed by atoms with E-state index in [0.717, 1.165) is 39.1 Å². The van der Waals surface area contributed by atoms with Gasteiger partial charge in [-0.3, -0.25) is 0 Å². The predicted octanol–water partition coefficient (Wildman–Crippen LogP) is 0.918. The fraction of sp³-hybridized carbons (Fsp3) is 1.00. The van der Waals surface area contributed by atoms with Gasteiger partial charge in [0.05, 0.1) is 12.2 Å². The highest BCUT2D eigenvalue weighted by atomic mass is 16.5. The molecular weight excluding hydrogens is 178 g/mol. The molecule has 2 rings (SSSR count). The Bertz CT molecular complexity index is 174. The minimum atomic E-state index is -0.379. The van der Waals surface area contributed by atoms with E-state index in [1.54, 1.807) is 0 Å². The summed E-state index contributed by atoms with van der Waals surface area (Å²) in [5.74, 6) is 0.660. The van der Waals surface area contributed by atoms with Gasteiger partial charge in [-0.1, -0.05) is 0 Å². The third-order valence-corrected chi connectivity index (χ3v) is 3.43. The molecule has 1 aliphatic carbocycles. The summed E-state index contributed by atoms with van der Waals surface area (Å²) in [5.41, 5.74) is -0.379. The second-order valence-corrected chi connectivity index (χ2v) is 4.79. The molecular formula is C11H21NO2. The van der Waals surface area contributed by atoms with Gasteiger partial charge >= 0.3 is 0 Å². The third-order valence-electron chi connectivity index (χ3n) is 3.43. The molecule has 0 amide bonds. The number of hydrogen-bond donors (Lipinski definition) is 2. The number of hydrogen-bond acceptors (Lipinski definition) is 3. The number of aliphatic hydroxyl groups is 1. The fourth-order valence-corrected chi connectivity index (χ4v) is 2.24. The molecule has 0 aromatic rings. The van der Waals surface area contributed by atoms with Crippen LogP contribution in [0.25, 0.3) is 0 Å². The first-order valence-electron chi connectivity index (χ1n) is 5.79. The maximum Gasteiger partial charge on any atom is 0.0771 e. The lowest BCUT2D eigenvalue weighted by atomic mass is 9.80. The summed E-state index contributed by atoms with van der Waals surface area (Å²) < 4.78 is 5.40. The molecule has 2 N–H and O–H groups in total. The van der Waals surface area contributed by atoms with Crippen molar-refractivity contribution in [3.63, 3.8) is 0 Å². The van der Waals surface area contributed by atoms with Crippen molar-refractivity contribution in [1.29, 1.82) is 0 Å². The first kappa shape index (κ1) is 10.4. The zero-order chi connectivity index (χ0) is 9.86. The maximum absolute atomic E-state index is 9.85. The van der Waals surface area contributed by atoms with E-state index in [2.05, 4.69) is 5.32 Å². The van der Waals surface area contributed by atoms with Crippen molar-refractivity contribution in [3.8, 4) is 0 Å². The van der Waals surface area contributed by atoms with Crippen LogP contribution in [-0.4, -0.2) is 37.0 Å². The zero-order valence-corrected chi connectivity index (χ0v) is 8.80. The molecule has 1 unspecified atom stereocenters. The summed E-state index contributed by atoms with van der Waals surface area (Å²) in [6.07, 6.45) is 5.59. The van der Waals surface area contributed by atoms with Crippen molar-refractivity contribution < 1.29 is 9.84 Å². The lowest BCUT2D eigenvalue weighted by Crippen LogP contribution is -2.47. The summed E-state index contributed by atoms with van der Waals surface area (Å²) in [6, 6.07) is 0. The van der Waals surface area contributed by atoms with Crippen molar-refractivity contribution in [1.82, 2.24) is 5.32 Å². The second kappa shape index (κ2) is 4.60. The zero-order valence-electron chi connectivity index (χ0n) is 8.80. The monoisotopic (exact) mass is 199 g/mol. The molecule has 82 valence electrons. The molecule has 1 saturated carbocycles. The van der Waals surface area contributed by atoms with E-state index >= 15 is 0 Å². The number of ether oxygens (including phenoxy) is 1. The van der Waals surface area contributed by atoms with Gasteiger partial charge < -0.3 is 15.2 Å². The molecule has 0 aromatic carbocycles. The molecule has 1 aliphatic heterocycles. The molecule has 3 nitrogen and oxygen atoms in total. The summed E-state index contributed by atoms with van der Waals surface area (Å²) in [7, 11) is 0. The summed E-state index contributed by atoms with van der Waals surface area (Å²) in [6.45, 7) is 3.59. The lowest BCUT2D eigenvalue weighted by molar-refractivity contribution is -0.0333. The molecule has 1 atom stereocenters. The summed E-state index contributed by atoms with van der Waals surface area (Å²) in [4.78, 5) is 0. The first-order valence-corrected chi connectivity index (χ1v) is 5.79. The molecule has 2 aliphatic rings. The van der Waals surface area contributed by atoms with Gasteiger partial charge in [0.1, 0.15) is 0 Å². The molecule has 3 heteroatoms. The van der Waals surface area contributed by atoms with E-state index in [-0.39, 0.29) is 5.60 Å². The third kappa shape index (κ3) is 2.69. The smallest absolute Gasteiger partial charge is 0.0771 e. The molecule has 1 saturated heterocycles. The van der Waals surface area contributed by atoms with E-state index in [1.165, 1.54) is 19.3 Å². The van der Waals surface area contributed by atoms with Crippen molar-refractivity contribution in [3.05, 3.63) is 0 Å². The van der Waals surface area contributed by atoms with Gasteiger partial charge in [-0.25, -0.2) is 0 Å². The standard InChI is InChI=1S/C11H21NO2/c13-11(4-2-5-11)9-12-7-10-3-1-6-14-8-10/h10,12-13H,1-9H2. The molecule has 14 heavy (non-hydrogen) atoms. The fourth-order valence-electron chi connectivity index (χ4n) is 2.24. The van der Waals surface area contributed by atoms with Crippen LogP contribution in [0, 0.1) is 5.92 Å². The van der Waals surface area contributed by atoms with Crippen LogP contribution in [0.2, 0.25) is 0 Å². The Labute approximate surface area is 85.8 Å². The van der Waals surface area contributed by atoms with Gasteiger partial charge in [-0.05, 0) is 38.0 Å². The topological polar surface area (TPSA) is 41.5 Å². The predicted molar refractivity (Wildman–Crippen MR) is 55.2 cm³/mol. The Hall–Kier alpha value is -0.120. The highest BCUT2D eigenvalue weighted by Crippen LogP contribution is 2.30. The van der Waals surface area contributed by atoms with Crippen LogP contribution in [-0.2, 0) is 4.74 Å². The Morgan fingerprint density at radius 1 is 1.36 bits per heavy atom. The van der Waals surface area contributed by atoms with E-state index in [9.17, 15) is 5.11 Å². The van der Waals surface area contributed by atoms with Crippen LogP contribution < -0.4 is 5.32 Å². The Morgan fingerprint density at radius 3 is 2.79 bits per heavy atom. The van der Waals surface area contributed by atoms with Crippen molar-refractivity contribution in [2.24, 2.45) is 5.92 Å². The maximum atomic E-state index is 9.85. The van der Waals surface area contributed by atoms with Gasteiger partial charge in [-0.2, -0.15) is 0 Å². The first-order chi connectivity index (χ1) is 6.79. The Morgan fingerprint density at radius 2 is 2.21 bits per heavy atom. The SMILES string of the molecule is OC1(CNCC2CCCOC2)CCC1. The van der Waals surface area contributed by atoms with E-state index in [1.807, 2.05) is 0 Å². The largest absolute Gasteiger partial charge is 0.389 e. The number of rotatable bonds is 4. The average Bonchev–Trinajstić information content (AvgIpc) is 2.17. The van der Waals surface area contributed by atoms with E-state index in [0.29, 0.717) is 5.92 Å². The average molecular weight is 199 g/mol. The minimum absolute atomic E-state index is 0.379. The van der Waals surface area contributed by atoms with Crippen LogP contribution >= 0.6 is 0 Å². The van der Waals surface area contributed by atoms with Crippen LogP contribution in [0.1, 0.15) is 32.1 Å². The van der Waals surface area contributed by atoms with Gasteiger partial charge in [0.25, 0.3) is 0 Å². The molecule has 1 heterocycles. The molecule has 0 aromatic heterocycles. The summed E-state index contributed by atoms with van der Waals surface area (Å²) in [5, 5.41) is 13.2. The lowest BCUT2D eigenvalue weighted by Gasteiger charge is -2.37. The van der Waals surface area contributed by atoms with Gasteiger partial charge in [0.15, 0.2) is 0 Å². The molecule has 0 spiro atoms. The van der Waals surface area contributed by atoms with Gasteiger partial charge in [0, 0.05) is 19.7 Å². The highest BCUT2D eigenvalue weighted by molar-refractivity contribution is 4.89. The molecule has 0 bridgehead atoms. The minimum Gasteiger partial charge on any atom is -0.389 e. The Balaban J connectivity index is 1.57. The molecule has 0 radical (unpaired) electrons. The van der Waals surface area contributed by atoms with Crippen LogP contribution in [0.15, 0.2) is 0 Å². The van der Waals surface area contributed by atoms with Gasteiger partial charge in [0.2, 0.25) is 0 Å². The van der Waals surface area contributed by atoms with Crippen LogP contribution in [0.5, 0.6) is 0 Å². The van der Waals surface area contributed by atoms with E-state index < -0.39 is 0 Å².